The number of carbonyl (C=O) groups is 1. The van der Waals surface area contributed by atoms with Gasteiger partial charge in [0.2, 0.25) is 5.91 Å². The number of ether oxygens (including phenoxy) is 1. The fourth-order valence-corrected chi connectivity index (χ4v) is 1.73. The maximum absolute atomic E-state index is 11.7. The van der Waals surface area contributed by atoms with Crippen molar-refractivity contribution in [3.8, 4) is 11.5 Å². The van der Waals surface area contributed by atoms with E-state index in [1.54, 1.807) is 18.2 Å². The summed E-state index contributed by atoms with van der Waals surface area (Å²) in [7, 11) is 0. The lowest BCUT2D eigenvalue weighted by atomic mass is 10.2. The minimum atomic E-state index is -0.136. The summed E-state index contributed by atoms with van der Waals surface area (Å²) in [6.07, 6.45) is 0.968. The molecule has 2 aromatic carbocycles. The van der Waals surface area contributed by atoms with Crippen LogP contribution in [-0.2, 0) is 4.79 Å². The molecule has 0 aliphatic rings. The van der Waals surface area contributed by atoms with E-state index in [4.69, 9.17) is 4.74 Å². The van der Waals surface area contributed by atoms with Crippen molar-refractivity contribution in [1.29, 1.82) is 0 Å². The van der Waals surface area contributed by atoms with E-state index in [9.17, 15) is 9.90 Å². The Balaban J connectivity index is 1.69. The number of rotatable bonds is 6. The van der Waals surface area contributed by atoms with E-state index in [2.05, 4.69) is 5.32 Å². The highest BCUT2D eigenvalue weighted by molar-refractivity contribution is 5.92. The Morgan fingerprint density at radius 1 is 1.05 bits per heavy atom. The van der Waals surface area contributed by atoms with Crippen molar-refractivity contribution in [2.75, 3.05) is 11.9 Å². The third kappa shape index (κ3) is 4.31. The Morgan fingerprint density at radius 2 is 1.75 bits per heavy atom. The zero-order valence-electron chi connectivity index (χ0n) is 11.1. The lowest BCUT2D eigenvalue weighted by Crippen LogP contribution is -2.12. The number of aromatic hydroxyl groups is 1. The van der Waals surface area contributed by atoms with E-state index in [0.29, 0.717) is 25.1 Å². The largest absolute Gasteiger partial charge is 0.506 e. The molecule has 2 rings (SSSR count). The molecule has 104 valence electrons. The van der Waals surface area contributed by atoms with Crippen molar-refractivity contribution in [2.24, 2.45) is 0 Å². The highest BCUT2D eigenvalue weighted by Crippen LogP contribution is 2.21. The van der Waals surface area contributed by atoms with Crippen molar-refractivity contribution in [3.05, 3.63) is 54.6 Å². The average Bonchev–Trinajstić information content (AvgIpc) is 2.47. The minimum absolute atomic E-state index is 0.0707. The number of phenols is 1. The van der Waals surface area contributed by atoms with Gasteiger partial charge in [0.15, 0.2) is 0 Å². The van der Waals surface area contributed by atoms with E-state index in [1.165, 1.54) is 6.07 Å². The van der Waals surface area contributed by atoms with Gasteiger partial charge in [0.25, 0.3) is 0 Å². The first kappa shape index (κ1) is 13.9. The van der Waals surface area contributed by atoms with Crippen molar-refractivity contribution in [3.63, 3.8) is 0 Å². The zero-order chi connectivity index (χ0) is 14.2. The number of para-hydroxylation sites is 3. The average molecular weight is 271 g/mol. The van der Waals surface area contributed by atoms with Crippen LogP contribution in [0.25, 0.3) is 0 Å². The first-order chi connectivity index (χ1) is 9.75. The van der Waals surface area contributed by atoms with Crippen LogP contribution < -0.4 is 10.1 Å². The minimum Gasteiger partial charge on any atom is -0.506 e. The molecule has 0 saturated heterocycles. The van der Waals surface area contributed by atoms with E-state index < -0.39 is 0 Å². The predicted octanol–water partition coefficient (Wildman–Crippen LogP) is 3.19. The van der Waals surface area contributed by atoms with Gasteiger partial charge >= 0.3 is 0 Å². The van der Waals surface area contributed by atoms with E-state index in [1.807, 2.05) is 30.3 Å². The molecule has 0 saturated carbocycles. The molecule has 0 bridgehead atoms. The predicted molar refractivity (Wildman–Crippen MR) is 77.9 cm³/mol. The maximum atomic E-state index is 11.7. The fraction of sp³-hybridized carbons (Fsp3) is 0.188. The molecule has 0 heterocycles. The number of hydrogen-bond donors (Lipinski definition) is 2. The maximum Gasteiger partial charge on any atom is 0.224 e. The van der Waals surface area contributed by atoms with E-state index in [0.717, 1.165) is 5.75 Å². The molecule has 20 heavy (non-hydrogen) atoms. The van der Waals surface area contributed by atoms with Crippen LogP contribution in [0.4, 0.5) is 5.69 Å². The number of amides is 1. The topological polar surface area (TPSA) is 58.6 Å². The van der Waals surface area contributed by atoms with Gasteiger partial charge < -0.3 is 15.2 Å². The summed E-state index contributed by atoms with van der Waals surface area (Å²) in [6, 6.07) is 16.1. The Kier molecular flexibility index (Phi) is 5.00. The van der Waals surface area contributed by atoms with Crippen molar-refractivity contribution >= 4 is 11.6 Å². The molecular weight excluding hydrogens is 254 g/mol. The van der Waals surface area contributed by atoms with Gasteiger partial charge in [-0.2, -0.15) is 0 Å². The number of anilines is 1. The Bertz CT molecular complexity index is 555. The van der Waals surface area contributed by atoms with Crippen LogP contribution in [0.5, 0.6) is 11.5 Å². The molecule has 0 spiro atoms. The third-order valence-electron chi connectivity index (χ3n) is 2.74. The van der Waals surface area contributed by atoms with Crippen molar-refractivity contribution in [2.45, 2.75) is 12.8 Å². The number of hydrogen-bond acceptors (Lipinski definition) is 3. The second-order valence-electron chi connectivity index (χ2n) is 4.33. The van der Waals surface area contributed by atoms with Gasteiger partial charge in [-0.25, -0.2) is 0 Å². The molecule has 4 nitrogen and oxygen atoms in total. The molecule has 0 aliphatic carbocycles. The highest BCUT2D eigenvalue weighted by Gasteiger charge is 2.05. The summed E-state index contributed by atoms with van der Waals surface area (Å²) in [5.41, 5.74) is 0.432. The van der Waals surface area contributed by atoms with Gasteiger partial charge in [-0.15, -0.1) is 0 Å². The van der Waals surface area contributed by atoms with Gasteiger partial charge in [0.05, 0.1) is 12.3 Å². The molecule has 0 fully saturated rings. The molecule has 0 unspecified atom stereocenters. The van der Waals surface area contributed by atoms with E-state index >= 15 is 0 Å². The van der Waals surface area contributed by atoms with Crippen LogP contribution in [0.2, 0.25) is 0 Å². The van der Waals surface area contributed by atoms with Crippen LogP contribution in [0.15, 0.2) is 54.6 Å². The van der Waals surface area contributed by atoms with Gasteiger partial charge in [0.1, 0.15) is 11.5 Å². The SMILES string of the molecule is O=C(CCCOc1ccccc1)Nc1ccccc1O. The van der Waals surface area contributed by atoms with Gasteiger partial charge in [-0.05, 0) is 30.7 Å². The number of carbonyl (C=O) groups excluding carboxylic acids is 1. The quantitative estimate of drug-likeness (QED) is 0.626. The van der Waals surface area contributed by atoms with Crippen LogP contribution >= 0.6 is 0 Å². The highest BCUT2D eigenvalue weighted by atomic mass is 16.5. The van der Waals surface area contributed by atoms with Gasteiger partial charge in [-0.3, -0.25) is 4.79 Å². The van der Waals surface area contributed by atoms with Crippen LogP contribution in [-0.4, -0.2) is 17.6 Å². The molecule has 0 radical (unpaired) electrons. The summed E-state index contributed by atoms with van der Waals surface area (Å²) < 4.78 is 5.50. The Labute approximate surface area is 118 Å². The normalized spacial score (nSPS) is 10.0. The molecule has 0 aliphatic heterocycles. The molecule has 2 aromatic rings. The molecule has 1 amide bonds. The summed E-state index contributed by atoms with van der Waals surface area (Å²) >= 11 is 0. The summed E-state index contributed by atoms with van der Waals surface area (Å²) in [4.78, 5) is 11.7. The zero-order valence-corrected chi connectivity index (χ0v) is 11.1. The van der Waals surface area contributed by atoms with Crippen molar-refractivity contribution in [1.82, 2.24) is 0 Å². The van der Waals surface area contributed by atoms with Crippen LogP contribution in [0, 0.1) is 0 Å². The van der Waals surface area contributed by atoms with Crippen LogP contribution in [0.1, 0.15) is 12.8 Å². The molecule has 4 heteroatoms. The second kappa shape index (κ2) is 7.19. The first-order valence-corrected chi connectivity index (χ1v) is 6.51. The van der Waals surface area contributed by atoms with Gasteiger partial charge in [0, 0.05) is 6.42 Å². The number of benzene rings is 2. The number of nitrogens with one attached hydrogen (secondary N) is 1. The lowest BCUT2D eigenvalue weighted by molar-refractivity contribution is -0.116. The lowest BCUT2D eigenvalue weighted by Gasteiger charge is -2.08. The summed E-state index contributed by atoms with van der Waals surface area (Å²) in [6.45, 7) is 0.484. The molecular formula is C16H17NO3. The monoisotopic (exact) mass is 271 g/mol. The summed E-state index contributed by atoms with van der Waals surface area (Å²) in [5, 5.41) is 12.2. The molecule has 0 atom stereocenters. The second-order valence-corrected chi connectivity index (χ2v) is 4.33. The third-order valence-corrected chi connectivity index (χ3v) is 2.74. The van der Waals surface area contributed by atoms with Crippen LogP contribution in [0.3, 0.4) is 0 Å². The Morgan fingerprint density at radius 3 is 2.50 bits per heavy atom. The van der Waals surface area contributed by atoms with E-state index in [-0.39, 0.29) is 11.7 Å². The molecule has 0 aromatic heterocycles. The standard InChI is InChI=1S/C16H17NO3/c18-15-10-5-4-9-14(15)17-16(19)11-6-12-20-13-7-2-1-3-8-13/h1-5,7-10,18H,6,11-12H2,(H,17,19). The summed E-state index contributed by atoms with van der Waals surface area (Å²) in [5.74, 6) is 0.734. The smallest absolute Gasteiger partial charge is 0.224 e. The molecule has 2 N–H and O–H groups in total. The van der Waals surface area contributed by atoms with Gasteiger partial charge in [-0.1, -0.05) is 30.3 Å². The number of phenolic OH excluding ortho intramolecular Hbond substituents is 1. The Hall–Kier alpha value is -2.49. The fourth-order valence-electron chi connectivity index (χ4n) is 1.73. The van der Waals surface area contributed by atoms with Crippen molar-refractivity contribution < 1.29 is 14.6 Å². The first-order valence-electron chi connectivity index (χ1n) is 6.51.